The van der Waals surface area contributed by atoms with Gasteiger partial charge in [0.25, 0.3) is 0 Å². The molecule has 0 aliphatic heterocycles. The predicted octanol–water partition coefficient (Wildman–Crippen LogP) is 4.74. The molecule has 2 nitrogen and oxygen atoms in total. The molecule has 0 N–H and O–H groups in total. The fourth-order valence-corrected chi connectivity index (χ4v) is 3.23. The molecule has 0 unspecified atom stereocenters. The number of benzene rings is 3. The van der Waals surface area contributed by atoms with Gasteiger partial charge in [-0.15, -0.1) is 0 Å². The second-order valence-electron chi connectivity index (χ2n) is 5.50. The highest BCUT2D eigenvalue weighted by Crippen LogP contribution is 2.35. The first-order chi connectivity index (χ1) is 11.1. The number of carbonyl (C=O) groups excluding carboxylic acids is 2. The monoisotopic (exact) mass is 318 g/mol. The van der Waals surface area contributed by atoms with Gasteiger partial charge in [-0.2, -0.15) is 0 Å². The zero-order valence-electron chi connectivity index (χ0n) is 12.0. The predicted molar refractivity (Wildman–Crippen MR) is 93.6 cm³/mol. The minimum absolute atomic E-state index is 0.201. The SMILES string of the molecule is O=C1C=CC(=O)C(c2c(Cl)ccc3cc4ccccc4cc23)=C1. The van der Waals surface area contributed by atoms with Crippen LogP contribution in [-0.4, -0.2) is 11.6 Å². The Morgan fingerprint density at radius 1 is 0.783 bits per heavy atom. The van der Waals surface area contributed by atoms with E-state index in [0.29, 0.717) is 16.2 Å². The second-order valence-corrected chi connectivity index (χ2v) is 5.91. The van der Waals surface area contributed by atoms with Crippen LogP contribution >= 0.6 is 11.6 Å². The molecule has 0 amide bonds. The Bertz CT molecular complexity index is 1060. The summed E-state index contributed by atoms with van der Waals surface area (Å²) >= 11 is 6.37. The first kappa shape index (κ1) is 13.9. The molecular weight excluding hydrogens is 308 g/mol. The summed E-state index contributed by atoms with van der Waals surface area (Å²) in [7, 11) is 0. The molecule has 0 radical (unpaired) electrons. The number of ketones is 2. The van der Waals surface area contributed by atoms with Crippen LogP contribution in [0.4, 0.5) is 0 Å². The van der Waals surface area contributed by atoms with Gasteiger partial charge in [-0.25, -0.2) is 0 Å². The van der Waals surface area contributed by atoms with E-state index in [1.807, 2.05) is 36.4 Å². The molecule has 0 saturated heterocycles. The summed E-state index contributed by atoms with van der Waals surface area (Å²) in [5.41, 5.74) is 0.973. The molecule has 0 fully saturated rings. The molecular formula is C20H11ClO2. The number of hydrogen-bond donors (Lipinski definition) is 0. The highest BCUT2D eigenvalue weighted by molar-refractivity contribution is 6.41. The number of carbonyl (C=O) groups is 2. The summed E-state index contributed by atoms with van der Waals surface area (Å²) in [4.78, 5) is 23.9. The number of allylic oxidation sites excluding steroid dienone is 4. The van der Waals surface area contributed by atoms with Crippen molar-refractivity contribution in [2.24, 2.45) is 0 Å². The number of halogens is 1. The van der Waals surface area contributed by atoms with Crippen LogP contribution in [0.3, 0.4) is 0 Å². The van der Waals surface area contributed by atoms with Crippen LogP contribution in [-0.2, 0) is 9.59 Å². The van der Waals surface area contributed by atoms with Gasteiger partial charge in [0.05, 0.1) is 0 Å². The Morgan fingerprint density at radius 3 is 2.30 bits per heavy atom. The number of rotatable bonds is 1. The molecule has 0 aromatic heterocycles. The van der Waals surface area contributed by atoms with Crippen LogP contribution in [0.1, 0.15) is 5.56 Å². The molecule has 4 rings (SSSR count). The summed E-state index contributed by atoms with van der Waals surface area (Å²) in [5.74, 6) is -0.402. The van der Waals surface area contributed by atoms with Crippen molar-refractivity contribution in [1.29, 1.82) is 0 Å². The van der Waals surface area contributed by atoms with E-state index in [1.165, 1.54) is 18.2 Å². The molecule has 0 saturated carbocycles. The number of hydrogen-bond acceptors (Lipinski definition) is 2. The zero-order valence-corrected chi connectivity index (χ0v) is 12.8. The molecule has 1 aliphatic rings. The highest BCUT2D eigenvalue weighted by Gasteiger charge is 2.20. The van der Waals surface area contributed by atoms with E-state index in [4.69, 9.17) is 11.6 Å². The molecule has 0 bridgehead atoms. The average molecular weight is 319 g/mol. The van der Waals surface area contributed by atoms with Crippen LogP contribution in [0, 0.1) is 0 Å². The Kier molecular flexibility index (Phi) is 3.14. The number of fused-ring (bicyclic) bond motifs is 2. The van der Waals surface area contributed by atoms with Crippen molar-refractivity contribution in [1.82, 2.24) is 0 Å². The minimum atomic E-state index is -0.202. The molecule has 3 aromatic rings. The second kappa shape index (κ2) is 5.18. The third-order valence-electron chi connectivity index (χ3n) is 4.06. The van der Waals surface area contributed by atoms with Crippen molar-refractivity contribution in [2.75, 3.05) is 0 Å². The van der Waals surface area contributed by atoms with Gasteiger partial charge in [0.2, 0.25) is 0 Å². The highest BCUT2D eigenvalue weighted by atomic mass is 35.5. The van der Waals surface area contributed by atoms with Crippen molar-refractivity contribution in [3.8, 4) is 0 Å². The van der Waals surface area contributed by atoms with Crippen LogP contribution in [0.25, 0.3) is 27.1 Å². The Morgan fingerprint density at radius 2 is 1.52 bits per heavy atom. The third-order valence-corrected chi connectivity index (χ3v) is 4.37. The molecule has 0 atom stereocenters. The summed E-state index contributed by atoms with van der Waals surface area (Å²) in [6.07, 6.45) is 3.94. The van der Waals surface area contributed by atoms with Crippen molar-refractivity contribution in [3.63, 3.8) is 0 Å². The maximum atomic E-state index is 12.2. The smallest absolute Gasteiger partial charge is 0.186 e. The Balaban J connectivity index is 2.09. The van der Waals surface area contributed by atoms with Gasteiger partial charge >= 0.3 is 0 Å². The first-order valence-electron chi connectivity index (χ1n) is 7.23. The zero-order chi connectivity index (χ0) is 16.0. The fourth-order valence-electron chi connectivity index (χ4n) is 2.97. The maximum Gasteiger partial charge on any atom is 0.186 e. The summed E-state index contributed by atoms with van der Waals surface area (Å²) < 4.78 is 0. The van der Waals surface area contributed by atoms with Gasteiger partial charge in [0.1, 0.15) is 0 Å². The van der Waals surface area contributed by atoms with Crippen molar-refractivity contribution in [2.45, 2.75) is 0 Å². The lowest BCUT2D eigenvalue weighted by Gasteiger charge is -2.13. The lowest BCUT2D eigenvalue weighted by Crippen LogP contribution is -2.07. The summed E-state index contributed by atoms with van der Waals surface area (Å²) in [6.45, 7) is 0. The van der Waals surface area contributed by atoms with Gasteiger partial charge < -0.3 is 0 Å². The molecule has 110 valence electrons. The van der Waals surface area contributed by atoms with Crippen molar-refractivity contribution >= 4 is 50.3 Å². The van der Waals surface area contributed by atoms with Gasteiger partial charge in [0, 0.05) is 16.2 Å². The van der Waals surface area contributed by atoms with Crippen LogP contribution in [0.2, 0.25) is 5.02 Å². The van der Waals surface area contributed by atoms with Gasteiger partial charge in [-0.1, -0.05) is 41.9 Å². The Labute approximate surface area is 137 Å². The molecule has 0 spiro atoms. The molecule has 3 heteroatoms. The van der Waals surface area contributed by atoms with E-state index < -0.39 is 0 Å². The summed E-state index contributed by atoms with van der Waals surface area (Å²) in [6, 6.07) is 15.8. The van der Waals surface area contributed by atoms with E-state index in [0.717, 1.165) is 21.5 Å². The van der Waals surface area contributed by atoms with Gasteiger partial charge in [-0.05, 0) is 58.0 Å². The fraction of sp³-hybridized carbons (Fsp3) is 0. The molecule has 0 heterocycles. The molecule has 23 heavy (non-hydrogen) atoms. The standard InChI is InChI=1S/C20H11ClO2/c21-18-7-5-14-9-12-3-1-2-4-13(12)10-16(14)20(18)17-11-15(22)6-8-19(17)23/h1-11H. The molecule has 3 aromatic carbocycles. The largest absolute Gasteiger partial charge is 0.290 e. The minimum Gasteiger partial charge on any atom is -0.290 e. The Hall–Kier alpha value is -2.71. The van der Waals surface area contributed by atoms with Gasteiger partial charge in [0.15, 0.2) is 11.6 Å². The first-order valence-corrected chi connectivity index (χ1v) is 7.61. The average Bonchev–Trinajstić information content (AvgIpc) is 2.56. The summed E-state index contributed by atoms with van der Waals surface area (Å²) in [5, 5.41) is 4.51. The van der Waals surface area contributed by atoms with Crippen LogP contribution in [0.5, 0.6) is 0 Å². The normalized spacial score (nSPS) is 14.6. The van der Waals surface area contributed by atoms with E-state index in [2.05, 4.69) is 6.07 Å². The lowest BCUT2D eigenvalue weighted by atomic mass is 9.91. The topological polar surface area (TPSA) is 34.1 Å². The van der Waals surface area contributed by atoms with Crippen LogP contribution in [0.15, 0.2) is 66.8 Å². The van der Waals surface area contributed by atoms with E-state index in [1.54, 1.807) is 6.07 Å². The maximum absolute atomic E-state index is 12.2. The quantitative estimate of drug-likeness (QED) is 0.480. The van der Waals surface area contributed by atoms with E-state index in [9.17, 15) is 9.59 Å². The molecule has 1 aliphatic carbocycles. The van der Waals surface area contributed by atoms with E-state index >= 15 is 0 Å². The van der Waals surface area contributed by atoms with Gasteiger partial charge in [-0.3, -0.25) is 9.59 Å². The van der Waals surface area contributed by atoms with Crippen LogP contribution < -0.4 is 0 Å². The van der Waals surface area contributed by atoms with E-state index in [-0.39, 0.29) is 11.6 Å². The van der Waals surface area contributed by atoms with Crippen molar-refractivity contribution in [3.05, 3.63) is 77.3 Å². The lowest BCUT2D eigenvalue weighted by molar-refractivity contribution is -0.113. The van der Waals surface area contributed by atoms with Crippen molar-refractivity contribution < 1.29 is 9.59 Å². The third kappa shape index (κ3) is 2.28.